The van der Waals surface area contributed by atoms with E-state index in [0.29, 0.717) is 29.8 Å². The second kappa shape index (κ2) is 8.43. The highest BCUT2D eigenvalue weighted by molar-refractivity contribution is 7.92. The van der Waals surface area contributed by atoms with Crippen LogP contribution in [0.4, 0.5) is 11.4 Å². The number of carbonyl (C=O) groups is 1. The van der Waals surface area contributed by atoms with Gasteiger partial charge in [0.2, 0.25) is 0 Å². The predicted octanol–water partition coefficient (Wildman–Crippen LogP) is 4.35. The Kier molecular flexibility index (Phi) is 5.67. The molecule has 4 rings (SSSR count). The Labute approximate surface area is 185 Å². The third-order valence-electron chi connectivity index (χ3n) is 5.33. The summed E-state index contributed by atoms with van der Waals surface area (Å²) in [6, 6.07) is 20.3. The zero-order valence-electron chi connectivity index (χ0n) is 17.3. The second-order valence-electron chi connectivity index (χ2n) is 7.35. The summed E-state index contributed by atoms with van der Waals surface area (Å²) in [5.41, 5.74) is 1.25. The monoisotopic (exact) mass is 451 g/mol. The normalized spacial score (nSPS) is 15.5. The van der Waals surface area contributed by atoms with Crippen molar-refractivity contribution in [2.24, 2.45) is 0 Å². The number of nitrogens with zero attached hydrogens (tertiary/aromatic N) is 3. The highest BCUT2D eigenvalue weighted by Crippen LogP contribution is 2.41. The van der Waals surface area contributed by atoms with Gasteiger partial charge in [0.05, 0.1) is 15.5 Å². The maximum atomic E-state index is 13.9. The average Bonchev–Trinajstić information content (AvgIpc) is 3.07. The van der Waals surface area contributed by atoms with E-state index >= 15 is 0 Å². The lowest BCUT2D eigenvalue weighted by Crippen LogP contribution is -2.43. The first-order chi connectivity index (χ1) is 15.4. The van der Waals surface area contributed by atoms with Crippen molar-refractivity contribution in [2.45, 2.75) is 24.4 Å². The third kappa shape index (κ3) is 3.60. The maximum absolute atomic E-state index is 13.9. The molecule has 0 N–H and O–H groups in total. The van der Waals surface area contributed by atoms with Crippen LogP contribution >= 0.6 is 0 Å². The van der Waals surface area contributed by atoms with Gasteiger partial charge < -0.3 is 4.90 Å². The molecule has 3 aromatic rings. The first-order valence-electron chi connectivity index (χ1n) is 10.1. The molecule has 1 aliphatic rings. The van der Waals surface area contributed by atoms with Crippen molar-refractivity contribution in [3.8, 4) is 0 Å². The molecule has 0 radical (unpaired) electrons. The standard InChI is InChI=1S/C23H21N3O5S/c1-2-16-24-22(20-10-6-7-11-21(20)23(24)27)25(17-8-4-3-5-9-17)32(30,31)19-14-12-18(13-15-19)26(28)29/h3-15,22H,2,16H2,1H3/t22-/m1/s1. The molecule has 0 fully saturated rings. The van der Waals surface area contributed by atoms with Crippen LogP contribution in [-0.4, -0.2) is 30.7 Å². The van der Waals surface area contributed by atoms with E-state index in [2.05, 4.69) is 0 Å². The van der Waals surface area contributed by atoms with Crippen molar-refractivity contribution in [3.05, 3.63) is 100 Å². The van der Waals surface area contributed by atoms with E-state index in [1.807, 2.05) is 6.92 Å². The maximum Gasteiger partial charge on any atom is 0.269 e. The molecule has 0 spiro atoms. The van der Waals surface area contributed by atoms with E-state index < -0.39 is 21.1 Å². The number of nitro groups is 1. The first-order valence-corrected chi connectivity index (χ1v) is 11.5. The van der Waals surface area contributed by atoms with Gasteiger partial charge in [0.25, 0.3) is 21.6 Å². The van der Waals surface area contributed by atoms with Crippen molar-refractivity contribution in [1.29, 1.82) is 0 Å². The number of fused-ring (bicyclic) bond motifs is 1. The Morgan fingerprint density at radius 1 is 0.969 bits per heavy atom. The summed E-state index contributed by atoms with van der Waals surface area (Å²) in [4.78, 5) is 25.0. The minimum absolute atomic E-state index is 0.0970. The number of sulfonamides is 1. The Morgan fingerprint density at radius 3 is 2.22 bits per heavy atom. The summed E-state index contributed by atoms with van der Waals surface area (Å²) in [5, 5.41) is 11.0. The molecule has 1 aliphatic heterocycles. The van der Waals surface area contributed by atoms with Crippen molar-refractivity contribution in [2.75, 3.05) is 10.8 Å². The van der Waals surface area contributed by atoms with Gasteiger partial charge in [-0.15, -0.1) is 0 Å². The minimum atomic E-state index is -4.18. The molecule has 1 atom stereocenters. The fourth-order valence-corrected chi connectivity index (χ4v) is 5.50. The lowest BCUT2D eigenvalue weighted by molar-refractivity contribution is -0.384. The van der Waals surface area contributed by atoms with E-state index in [-0.39, 0.29) is 16.5 Å². The number of non-ortho nitro benzene ring substituents is 1. The molecular formula is C23H21N3O5S. The van der Waals surface area contributed by atoms with Crippen LogP contribution in [0.5, 0.6) is 0 Å². The molecule has 3 aromatic carbocycles. The van der Waals surface area contributed by atoms with Crippen molar-refractivity contribution in [3.63, 3.8) is 0 Å². The third-order valence-corrected chi connectivity index (χ3v) is 7.12. The van der Waals surface area contributed by atoms with Gasteiger partial charge in [-0.2, -0.15) is 0 Å². The van der Waals surface area contributed by atoms with E-state index in [1.54, 1.807) is 59.5 Å². The smallest absolute Gasteiger partial charge is 0.269 e. The summed E-state index contributed by atoms with van der Waals surface area (Å²) in [5.74, 6) is -0.229. The van der Waals surface area contributed by atoms with Crippen molar-refractivity contribution >= 4 is 27.3 Å². The topological polar surface area (TPSA) is 101 Å². The zero-order chi connectivity index (χ0) is 22.9. The quantitative estimate of drug-likeness (QED) is 0.393. The van der Waals surface area contributed by atoms with Crippen LogP contribution in [0.2, 0.25) is 0 Å². The number of benzene rings is 3. The number of para-hydroxylation sites is 1. The van der Waals surface area contributed by atoms with Crippen LogP contribution in [-0.2, 0) is 10.0 Å². The molecule has 1 heterocycles. The largest absolute Gasteiger partial charge is 0.313 e. The Balaban J connectivity index is 1.92. The highest BCUT2D eigenvalue weighted by Gasteiger charge is 2.44. The van der Waals surface area contributed by atoms with Gasteiger partial charge in [-0.3, -0.25) is 14.9 Å². The molecular weight excluding hydrogens is 430 g/mol. The number of anilines is 1. The zero-order valence-corrected chi connectivity index (χ0v) is 18.1. The van der Waals surface area contributed by atoms with Gasteiger partial charge in [-0.05, 0) is 36.8 Å². The number of rotatable bonds is 7. The fourth-order valence-electron chi connectivity index (χ4n) is 3.91. The van der Waals surface area contributed by atoms with E-state index in [1.165, 1.54) is 16.4 Å². The number of carbonyl (C=O) groups excluding carboxylic acids is 1. The van der Waals surface area contributed by atoms with Crippen LogP contribution in [0.25, 0.3) is 0 Å². The summed E-state index contributed by atoms with van der Waals surface area (Å²) in [6.45, 7) is 2.29. The number of amides is 1. The van der Waals surface area contributed by atoms with Gasteiger partial charge in [-0.1, -0.05) is 43.3 Å². The number of hydrogen-bond acceptors (Lipinski definition) is 5. The first kappa shape index (κ1) is 21.5. The lowest BCUT2D eigenvalue weighted by Gasteiger charge is -2.36. The van der Waals surface area contributed by atoms with Gasteiger partial charge in [0.15, 0.2) is 0 Å². The molecule has 0 bridgehead atoms. The van der Waals surface area contributed by atoms with Gasteiger partial charge in [-0.25, -0.2) is 12.7 Å². The summed E-state index contributed by atoms with van der Waals surface area (Å²) < 4.78 is 29.0. The van der Waals surface area contributed by atoms with Gasteiger partial charge in [0.1, 0.15) is 6.17 Å². The SMILES string of the molecule is CCCN1C(=O)c2ccccc2[C@H]1N(c1ccccc1)S(=O)(=O)c1ccc([N+](=O)[O-])cc1. The van der Waals surface area contributed by atoms with E-state index in [4.69, 9.17) is 0 Å². The Bertz CT molecular complexity index is 1260. The molecule has 164 valence electrons. The van der Waals surface area contributed by atoms with Crippen LogP contribution in [0, 0.1) is 10.1 Å². The molecule has 0 aliphatic carbocycles. The van der Waals surface area contributed by atoms with Crippen LogP contribution in [0.1, 0.15) is 35.4 Å². The molecule has 0 saturated heterocycles. The molecule has 32 heavy (non-hydrogen) atoms. The van der Waals surface area contributed by atoms with Crippen molar-refractivity contribution < 1.29 is 18.1 Å². The second-order valence-corrected chi connectivity index (χ2v) is 9.16. The Morgan fingerprint density at radius 2 is 1.59 bits per heavy atom. The molecule has 0 saturated carbocycles. The number of hydrogen-bond donors (Lipinski definition) is 0. The lowest BCUT2D eigenvalue weighted by atomic mass is 10.1. The minimum Gasteiger partial charge on any atom is -0.313 e. The van der Waals surface area contributed by atoms with E-state index in [0.717, 1.165) is 12.1 Å². The fraction of sp³-hybridized carbons (Fsp3) is 0.174. The van der Waals surface area contributed by atoms with E-state index in [9.17, 15) is 23.3 Å². The van der Waals surface area contributed by atoms with Crippen LogP contribution in [0.3, 0.4) is 0 Å². The van der Waals surface area contributed by atoms with Crippen LogP contribution in [0.15, 0.2) is 83.8 Å². The molecule has 1 amide bonds. The van der Waals surface area contributed by atoms with Crippen molar-refractivity contribution in [1.82, 2.24) is 4.90 Å². The summed E-state index contributed by atoms with van der Waals surface area (Å²) in [6.07, 6.45) is -0.225. The average molecular weight is 452 g/mol. The summed E-state index contributed by atoms with van der Waals surface area (Å²) >= 11 is 0. The number of nitro benzene ring substituents is 1. The van der Waals surface area contributed by atoms with Gasteiger partial charge >= 0.3 is 0 Å². The predicted molar refractivity (Wildman–Crippen MR) is 120 cm³/mol. The highest BCUT2D eigenvalue weighted by atomic mass is 32.2. The molecule has 8 nitrogen and oxygen atoms in total. The molecule has 9 heteroatoms. The molecule has 0 unspecified atom stereocenters. The molecule has 0 aromatic heterocycles. The van der Waals surface area contributed by atoms with Crippen LogP contribution < -0.4 is 4.31 Å². The van der Waals surface area contributed by atoms with Gasteiger partial charge in [0, 0.05) is 29.8 Å². The summed E-state index contributed by atoms with van der Waals surface area (Å²) in [7, 11) is -4.18. The Hall–Kier alpha value is -3.72.